The van der Waals surface area contributed by atoms with E-state index in [9.17, 15) is 13.6 Å². The Morgan fingerprint density at radius 3 is 2.61 bits per heavy atom. The summed E-state index contributed by atoms with van der Waals surface area (Å²) in [5.41, 5.74) is 2.31. The number of fused-ring (bicyclic) bond motifs is 1. The number of amides is 1. The number of rotatable bonds is 1. The molecule has 2 aromatic carbocycles. The van der Waals surface area contributed by atoms with Crippen molar-refractivity contribution in [2.75, 3.05) is 0 Å². The molecular formula is C14H9F2NO. The van der Waals surface area contributed by atoms with Crippen molar-refractivity contribution in [3.8, 4) is 11.1 Å². The Kier molecular flexibility index (Phi) is 2.37. The predicted molar refractivity (Wildman–Crippen MR) is 63.0 cm³/mol. The maximum Gasteiger partial charge on any atom is 0.251 e. The highest BCUT2D eigenvalue weighted by Crippen LogP contribution is 2.27. The van der Waals surface area contributed by atoms with Crippen LogP contribution in [0, 0.1) is 11.6 Å². The van der Waals surface area contributed by atoms with E-state index < -0.39 is 11.6 Å². The van der Waals surface area contributed by atoms with Crippen molar-refractivity contribution in [2.24, 2.45) is 0 Å². The summed E-state index contributed by atoms with van der Waals surface area (Å²) < 4.78 is 26.5. The summed E-state index contributed by atoms with van der Waals surface area (Å²) in [6.45, 7) is 0.500. The molecule has 0 atom stereocenters. The standard InChI is InChI=1S/C14H9F2NO/c15-10-3-4-11(13(16)6-10)8-1-2-9-7-17-14(18)12(9)5-8/h1-6H,7H2,(H,17,18). The lowest BCUT2D eigenvalue weighted by Gasteiger charge is -2.05. The predicted octanol–water partition coefficient (Wildman–Crippen LogP) is 2.88. The summed E-state index contributed by atoms with van der Waals surface area (Å²) in [6, 6.07) is 8.56. The van der Waals surface area contributed by atoms with E-state index in [0.717, 1.165) is 11.6 Å². The Morgan fingerprint density at radius 2 is 1.83 bits per heavy atom. The average molecular weight is 245 g/mol. The lowest BCUT2D eigenvalue weighted by Crippen LogP contribution is -2.12. The van der Waals surface area contributed by atoms with Gasteiger partial charge in [0.15, 0.2) is 0 Å². The summed E-state index contributed by atoms with van der Waals surface area (Å²) in [4.78, 5) is 11.5. The summed E-state index contributed by atoms with van der Waals surface area (Å²) >= 11 is 0. The molecule has 90 valence electrons. The van der Waals surface area contributed by atoms with E-state index in [1.54, 1.807) is 18.2 Å². The molecule has 18 heavy (non-hydrogen) atoms. The summed E-state index contributed by atoms with van der Waals surface area (Å²) in [7, 11) is 0. The molecule has 0 radical (unpaired) electrons. The van der Waals surface area contributed by atoms with Crippen LogP contribution in [0.1, 0.15) is 15.9 Å². The number of benzene rings is 2. The van der Waals surface area contributed by atoms with Crippen LogP contribution in [0.2, 0.25) is 0 Å². The van der Waals surface area contributed by atoms with Crippen molar-refractivity contribution in [2.45, 2.75) is 6.54 Å². The van der Waals surface area contributed by atoms with Crippen LogP contribution >= 0.6 is 0 Å². The van der Waals surface area contributed by atoms with Gasteiger partial charge in [0, 0.05) is 23.7 Å². The number of carbonyl (C=O) groups excluding carboxylic acids is 1. The molecular weight excluding hydrogens is 236 g/mol. The Bertz CT molecular complexity index is 652. The van der Waals surface area contributed by atoms with Gasteiger partial charge in [-0.25, -0.2) is 8.78 Å². The fourth-order valence-corrected chi connectivity index (χ4v) is 2.10. The van der Waals surface area contributed by atoms with Crippen molar-refractivity contribution >= 4 is 5.91 Å². The van der Waals surface area contributed by atoms with Gasteiger partial charge in [-0.3, -0.25) is 4.79 Å². The Hall–Kier alpha value is -2.23. The lowest BCUT2D eigenvalue weighted by molar-refractivity contribution is 0.0966. The molecule has 3 rings (SSSR count). The van der Waals surface area contributed by atoms with E-state index in [4.69, 9.17) is 0 Å². The maximum atomic E-state index is 13.6. The Labute approximate surface area is 102 Å². The van der Waals surface area contributed by atoms with Crippen LogP contribution in [0.5, 0.6) is 0 Å². The fraction of sp³-hybridized carbons (Fsp3) is 0.0714. The molecule has 2 nitrogen and oxygen atoms in total. The second-order valence-electron chi connectivity index (χ2n) is 4.18. The number of nitrogens with one attached hydrogen (secondary N) is 1. The number of halogens is 2. The molecule has 4 heteroatoms. The first-order chi connectivity index (χ1) is 8.65. The SMILES string of the molecule is O=C1NCc2ccc(-c3ccc(F)cc3F)cc21. The average Bonchev–Trinajstić information content (AvgIpc) is 2.71. The molecule has 0 fully saturated rings. The molecule has 1 aliphatic heterocycles. The van der Waals surface area contributed by atoms with Crippen molar-refractivity contribution in [3.05, 3.63) is 59.2 Å². The van der Waals surface area contributed by atoms with E-state index in [1.807, 2.05) is 0 Å². The highest BCUT2D eigenvalue weighted by Gasteiger charge is 2.19. The van der Waals surface area contributed by atoms with Gasteiger partial charge in [-0.2, -0.15) is 0 Å². The molecule has 0 aliphatic carbocycles. The first kappa shape index (κ1) is 10.9. The van der Waals surface area contributed by atoms with Gasteiger partial charge in [-0.15, -0.1) is 0 Å². The zero-order valence-electron chi connectivity index (χ0n) is 9.34. The van der Waals surface area contributed by atoms with Crippen molar-refractivity contribution in [1.82, 2.24) is 5.32 Å². The number of hydrogen-bond donors (Lipinski definition) is 1. The van der Waals surface area contributed by atoms with Gasteiger partial charge < -0.3 is 5.32 Å². The maximum absolute atomic E-state index is 13.6. The topological polar surface area (TPSA) is 29.1 Å². The molecule has 0 spiro atoms. The first-order valence-corrected chi connectivity index (χ1v) is 5.52. The molecule has 1 heterocycles. The molecule has 1 aliphatic rings. The Morgan fingerprint density at radius 1 is 1.00 bits per heavy atom. The van der Waals surface area contributed by atoms with E-state index in [-0.39, 0.29) is 5.91 Å². The van der Waals surface area contributed by atoms with E-state index in [2.05, 4.69) is 5.32 Å². The van der Waals surface area contributed by atoms with Crippen LogP contribution in [0.4, 0.5) is 8.78 Å². The monoisotopic (exact) mass is 245 g/mol. The smallest absolute Gasteiger partial charge is 0.251 e. The molecule has 0 unspecified atom stereocenters. The van der Waals surface area contributed by atoms with Gasteiger partial charge in [-0.1, -0.05) is 12.1 Å². The molecule has 1 N–H and O–H groups in total. The summed E-state index contributed by atoms with van der Waals surface area (Å²) in [6.07, 6.45) is 0. The van der Waals surface area contributed by atoms with Gasteiger partial charge in [0.1, 0.15) is 11.6 Å². The summed E-state index contributed by atoms with van der Waals surface area (Å²) in [5, 5.41) is 2.69. The molecule has 0 bridgehead atoms. The quantitative estimate of drug-likeness (QED) is 0.822. The van der Waals surface area contributed by atoms with Crippen molar-refractivity contribution in [1.29, 1.82) is 0 Å². The zero-order chi connectivity index (χ0) is 12.7. The van der Waals surface area contributed by atoms with Crippen LogP contribution in [-0.4, -0.2) is 5.91 Å². The van der Waals surface area contributed by atoms with Crippen molar-refractivity contribution in [3.63, 3.8) is 0 Å². The van der Waals surface area contributed by atoms with E-state index in [1.165, 1.54) is 12.1 Å². The number of hydrogen-bond acceptors (Lipinski definition) is 1. The second-order valence-corrected chi connectivity index (χ2v) is 4.18. The molecule has 0 saturated heterocycles. The Balaban J connectivity index is 2.13. The third-order valence-corrected chi connectivity index (χ3v) is 3.04. The normalized spacial score (nSPS) is 13.3. The fourth-order valence-electron chi connectivity index (χ4n) is 2.10. The molecule has 0 aromatic heterocycles. The first-order valence-electron chi connectivity index (χ1n) is 5.52. The number of carbonyl (C=O) groups is 1. The highest BCUT2D eigenvalue weighted by molar-refractivity contribution is 5.99. The summed E-state index contributed by atoms with van der Waals surface area (Å²) in [5.74, 6) is -1.40. The van der Waals surface area contributed by atoms with Gasteiger partial charge in [-0.05, 0) is 29.3 Å². The zero-order valence-corrected chi connectivity index (χ0v) is 9.34. The van der Waals surface area contributed by atoms with Gasteiger partial charge in [0.2, 0.25) is 0 Å². The minimum atomic E-state index is -0.631. The molecule has 2 aromatic rings. The van der Waals surface area contributed by atoms with Crippen LogP contribution in [0.25, 0.3) is 11.1 Å². The second kappa shape index (κ2) is 3.91. The molecule has 0 saturated carbocycles. The third kappa shape index (κ3) is 1.66. The van der Waals surface area contributed by atoms with Crippen LogP contribution < -0.4 is 5.32 Å². The minimum Gasteiger partial charge on any atom is -0.348 e. The van der Waals surface area contributed by atoms with Crippen LogP contribution in [0.15, 0.2) is 36.4 Å². The highest BCUT2D eigenvalue weighted by atomic mass is 19.1. The van der Waals surface area contributed by atoms with Gasteiger partial charge in [0.05, 0.1) is 0 Å². The van der Waals surface area contributed by atoms with Gasteiger partial charge >= 0.3 is 0 Å². The van der Waals surface area contributed by atoms with E-state index >= 15 is 0 Å². The van der Waals surface area contributed by atoms with E-state index in [0.29, 0.717) is 23.2 Å². The van der Waals surface area contributed by atoms with Crippen LogP contribution in [-0.2, 0) is 6.54 Å². The van der Waals surface area contributed by atoms with Gasteiger partial charge in [0.25, 0.3) is 5.91 Å². The third-order valence-electron chi connectivity index (χ3n) is 3.04. The van der Waals surface area contributed by atoms with Crippen LogP contribution in [0.3, 0.4) is 0 Å². The lowest BCUT2D eigenvalue weighted by atomic mass is 10.00. The molecule has 1 amide bonds. The minimum absolute atomic E-state index is 0.158. The largest absolute Gasteiger partial charge is 0.348 e. The van der Waals surface area contributed by atoms with Crippen molar-refractivity contribution < 1.29 is 13.6 Å².